The fraction of sp³-hybridized carbons (Fsp3) is 1.00. The van der Waals surface area contributed by atoms with Crippen molar-refractivity contribution in [2.24, 2.45) is 11.8 Å². The van der Waals surface area contributed by atoms with E-state index in [1.807, 2.05) is 0 Å². The highest BCUT2D eigenvalue weighted by Crippen LogP contribution is 2.67. The Morgan fingerprint density at radius 3 is 2.42 bits per heavy atom. The molecular formula is C8H13Cl2OP. The van der Waals surface area contributed by atoms with Crippen LogP contribution in [0.25, 0.3) is 0 Å². The molecule has 0 aromatic rings. The van der Waals surface area contributed by atoms with Crippen LogP contribution in [0.15, 0.2) is 0 Å². The summed E-state index contributed by atoms with van der Waals surface area (Å²) in [5.74, 6) is -1.40. The average molecular weight is 227 g/mol. The second kappa shape index (κ2) is 3.19. The molecule has 2 bridgehead atoms. The van der Waals surface area contributed by atoms with Gasteiger partial charge in [0.25, 0.3) is 5.85 Å². The highest BCUT2D eigenvalue weighted by Gasteiger charge is 2.43. The van der Waals surface area contributed by atoms with Crippen LogP contribution in [0.4, 0.5) is 0 Å². The molecule has 2 aliphatic carbocycles. The van der Waals surface area contributed by atoms with Crippen molar-refractivity contribution in [1.29, 1.82) is 0 Å². The molecule has 0 saturated heterocycles. The molecule has 12 heavy (non-hydrogen) atoms. The van der Waals surface area contributed by atoms with Crippen LogP contribution in [0, 0.1) is 11.8 Å². The van der Waals surface area contributed by atoms with E-state index in [9.17, 15) is 4.57 Å². The highest BCUT2D eigenvalue weighted by molar-refractivity contribution is 8.09. The van der Waals surface area contributed by atoms with E-state index < -0.39 is 5.85 Å². The summed E-state index contributed by atoms with van der Waals surface area (Å²) < 4.78 is 11.5. The van der Waals surface area contributed by atoms with Gasteiger partial charge >= 0.3 is 0 Å². The lowest BCUT2D eigenvalue weighted by Crippen LogP contribution is -2.20. The quantitative estimate of drug-likeness (QED) is 0.612. The lowest BCUT2D eigenvalue weighted by molar-refractivity contribution is 0.361. The van der Waals surface area contributed by atoms with Gasteiger partial charge in [-0.25, -0.2) is 0 Å². The average Bonchev–Trinajstić information content (AvgIpc) is 2.30. The number of fused-ring (bicyclic) bond motifs is 2. The zero-order valence-corrected chi connectivity index (χ0v) is 9.29. The Morgan fingerprint density at radius 1 is 1.08 bits per heavy atom. The standard InChI is InChI=1S/C8H13Cl2OP/c9-12(10,11)8-4-2-6-1-3-7(8)5-6/h6-8H,1-5H2. The van der Waals surface area contributed by atoms with Gasteiger partial charge in [-0.05, 0) is 60.0 Å². The van der Waals surface area contributed by atoms with Crippen LogP contribution in [-0.4, -0.2) is 5.66 Å². The monoisotopic (exact) mass is 226 g/mol. The molecule has 70 valence electrons. The summed E-state index contributed by atoms with van der Waals surface area (Å²) in [6.07, 6.45) is 5.88. The molecule has 2 rings (SSSR count). The van der Waals surface area contributed by atoms with Crippen LogP contribution < -0.4 is 0 Å². The Hall–Kier alpha value is 0.810. The summed E-state index contributed by atoms with van der Waals surface area (Å²) in [5.41, 5.74) is 0.111. The Balaban J connectivity index is 2.13. The van der Waals surface area contributed by atoms with Crippen LogP contribution in [-0.2, 0) is 4.57 Å². The third kappa shape index (κ3) is 1.69. The largest absolute Gasteiger partial charge is 0.289 e. The lowest BCUT2D eigenvalue weighted by Gasteiger charge is -2.28. The van der Waals surface area contributed by atoms with Crippen LogP contribution in [0.5, 0.6) is 0 Å². The molecule has 0 amide bonds. The molecule has 3 atom stereocenters. The molecule has 4 heteroatoms. The van der Waals surface area contributed by atoms with Gasteiger partial charge in [-0.1, -0.05) is 6.42 Å². The van der Waals surface area contributed by atoms with E-state index in [4.69, 9.17) is 22.5 Å². The molecular weight excluding hydrogens is 214 g/mol. The highest BCUT2D eigenvalue weighted by atomic mass is 35.9. The molecule has 0 N–H and O–H groups in total. The minimum absolute atomic E-state index is 0.111. The van der Waals surface area contributed by atoms with Crippen molar-refractivity contribution in [2.45, 2.75) is 37.8 Å². The number of hydrogen-bond donors (Lipinski definition) is 0. The van der Waals surface area contributed by atoms with E-state index in [-0.39, 0.29) is 5.66 Å². The van der Waals surface area contributed by atoms with Crippen molar-refractivity contribution in [3.05, 3.63) is 0 Å². The van der Waals surface area contributed by atoms with Gasteiger partial charge in [0, 0.05) is 5.66 Å². The topological polar surface area (TPSA) is 17.1 Å². The van der Waals surface area contributed by atoms with E-state index in [0.29, 0.717) is 5.92 Å². The number of rotatable bonds is 1. The molecule has 2 aliphatic rings. The fourth-order valence-corrected chi connectivity index (χ4v) is 5.52. The maximum Gasteiger partial charge on any atom is 0.256 e. The first-order valence-electron chi connectivity index (χ1n) is 4.56. The zero-order chi connectivity index (χ0) is 8.77. The summed E-state index contributed by atoms with van der Waals surface area (Å²) in [7, 11) is 0. The van der Waals surface area contributed by atoms with E-state index in [0.717, 1.165) is 12.3 Å². The van der Waals surface area contributed by atoms with Crippen molar-refractivity contribution in [2.75, 3.05) is 0 Å². The zero-order valence-electron chi connectivity index (χ0n) is 6.88. The van der Waals surface area contributed by atoms with Gasteiger partial charge in [0.1, 0.15) is 0 Å². The molecule has 0 radical (unpaired) electrons. The molecule has 0 heterocycles. The Kier molecular flexibility index (Phi) is 2.49. The lowest BCUT2D eigenvalue weighted by atomic mass is 9.89. The molecule has 1 nitrogen and oxygen atoms in total. The minimum Gasteiger partial charge on any atom is -0.289 e. The van der Waals surface area contributed by atoms with Crippen molar-refractivity contribution < 1.29 is 4.57 Å². The maximum absolute atomic E-state index is 11.5. The first-order valence-corrected chi connectivity index (χ1v) is 8.15. The van der Waals surface area contributed by atoms with Gasteiger partial charge < -0.3 is 0 Å². The maximum atomic E-state index is 11.5. The third-order valence-electron chi connectivity index (χ3n) is 3.38. The molecule has 2 saturated carbocycles. The van der Waals surface area contributed by atoms with Gasteiger partial charge in [-0.3, -0.25) is 4.57 Å². The van der Waals surface area contributed by atoms with Crippen molar-refractivity contribution >= 4 is 28.3 Å². The van der Waals surface area contributed by atoms with Gasteiger partial charge in [-0.2, -0.15) is 0 Å². The Labute approximate surface area is 82.8 Å². The fourth-order valence-electron chi connectivity index (χ4n) is 2.76. The van der Waals surface area contributed by atoms with Crippen LogP contribution in [0.2, 0.25) is 0 Å². The van der Waals surface area contributed by atoms with Crippen molar-refractivity contribution in [1.82, 2.24) is 0 Å². The summed E-state index contributed by atoms with van der Waals surface area (Å²) in [4.78, 5) is 0. The van der Waals surface area contributed by atoms with Crippen molar-refractivity contribution in [3.8, 4) is 0 Å². The molecule has 0 aliphatic heterocycles. The molecule has 2 fully saturated rings. The van der Waals surface area contributed by atoms with Gasteiger partial charge in [0.2, 0.25) is 0 Å². The van der Waals surface area contributed by atoms with Gasteiger partial charge in [0.15, 0.2) is 0 Å². The van der Waals surface area contributed by atoms with E-state index in [1.54, 1.807) is 0 Å². The van der Waals surface area contributed by atoms with Crippen molar-refractivity contribution in [3.63, 3.8) is 0 Å². The second-order valence-corrected chi connectivity index (χ2v) is 9.29. The molecule has 0 aromatic heterocycles. The summed E-state index contributed by atoms with van der Waals surface area (Å²) >= 11 is 11.4. The smallest absolute Gasteiger partial charge is 0.256 e. The summed E-state index contributed by atoms with van der Waals surface area (Å²) in [6, 6.07) is 0. The number of hydrogen-bond acceptors (Lipinski definition) is 1. The SMILES string of the molecule is O=P(Cl)(Cl)C1CCC2CCC1C2. The Bertz CT molecular complexity index is 225. The first-order chi connectivity index (χ1) is 5.57. The summed E-state index contributed by atoms with van der Waals surface area (Å²) in [6.45, 7) is 0. The van der Waals surface area contributed by atoms with Crippen LogP contribution >= 0.6 is 28.3 Å². The number of halogens is 2. The third-order valence-corrected chi connectivity index (χ3v) is 6.34. The second-order valence-electron chi connectivity index (χ2n) is 4.09. The van der Waals surface area contributed by atoms with Crippen LogP contribution in [0.3, 0.4) is 0 Å². The van der Waals surface area contributed by atoms with E-state index in [1.165, 1.54) is 25.7 Å². The van der Waals surface area contributed by atoms with E-state index >= 15 is 0 Å². The molecule has 0 aromatic carbocycles. The normalized spacial score (nSPS) is 41.7. The summed E-state index contributed by atoms with van der Waals surface area (Å²) in [5, 5.41) is 0. The predicted molar refractivity (Wildman–Crippen MR) is 53.2 cm³/mol. The Morgan fingerprint density at radius 2 is 1.75 bits per heavy atom. The van der Waals surface area contributed by atoms with E-state index in [2.05, 4.69) is 0 Å². The predicted octanol–water partition coefficient (Wildman–Crippen LogP) is 4.24. The van der Waals surface area contributed by atoms with Crippen LogP contribution in [0.1, 0.15) is 32.1 Å². The van der Waals surface area contributed by atoms with Gasteiger partial charge in [0.05, 0.1) is 0 Å². The minimum atomic E-state index is -2.84. The molecule has 3 unspecified atom stereocenters. The first kappa shape index (κ1) is 9.37. The van der Waals surface area contributed by atoms with Gasteiger partial charge in [-0.15, -0.1) is 0 Å². The molecule has 0 spiro atoms.